The molecule has 2 aliphatic rings. The van der Waals surface area contributed by atoms with Crippen LogP contribution in [0, 0.1) is 5.92 Å². The van der Waals surface area contributed by atoms with E-state index in [-0.39, 0.29) is 41.0 Å². The highest BCUT2D eigenvalue weighted by atomic mass is 35.5. The van der Waals surface area contributed by atoms with Gasteiger partial charge in [-0.15, -0.1) is 10.2 Å². The van der Waals surface area contributed by atoms with Crippen molar-refractivity contribution in [3.8, 4) is 28.6 Å². The first kappa shape index (κ1) is 24.7. The predicted molar refractivity (Wildman–Crippen MR) is 133 cm³/mol. The highest BCUT2D eigenvalue weighted by molar-refractivity contribution is 6.36. The van der Waals surface area contributed by atoms with Crippen LogP contribution in [0.1, 0.15) is 23.7 Å². The lowest BCUT2D eigenvalue weighted by Crippen LogP contribution is -2.55. The quantitative estimate of drug-likeness (QED) is 0.443. The predicted octanol–water partition coefficient (Wildman–Crippen LogP) is 2.92. The summed E-state index contributed by atoms with van der Waals surface area (Å²) in [5.41, 5.74) is 0.543. The standard InChI is InChI=1S/C25H24ClN5O6/c1-13-10-16(27-15-6-4-14(5-7-15)24-28-30-31(29-24)8-9-32)11-19(33)25(13)23(34)20-17(35-2)12-18(36-3)21(26)22(20)37-25/h4-7,11-13,27,32H,8-10H2,1-3H3/t13-,25+/m1/s1. The molecule has 1 aromatic heterocycles. The summed E-state index contributed by atoms with van der Waals surface area (Å²) in [7, 11) is 2.87. The number of anilines is 1. The second-order valence-electron chi connectivity index (χ2n) is 8.74. The number of aliphatic hydroxyl groups excluding tert-OH is 1. The van der Waals surface area contributed by atoms with Crippen molar-refractivity contribution in [3.63, 3.8) is 0 Å². The average molecular weight is 526 g/mol. The number of rotatable bonds is 7. The fourth-order valence-corrected chi connectivity index (χ4v) is 4.91. The summed E-state index contributed by atoms with van der Waals surface area (Å²) in [6, 6.07) is 8.80. The maximum Gasteiger partial charge on any atom is 0.236 e. The molecule has 1 spiro atoms. The number of aliphatic hydroxyl groups is 1. The number of nitrogens with zero attached hydrogens (tertiary/aromatic N) is 4. The molecule has 0 bridgehead atoms. The number of hydrogen-bond donors (Lipinski definition) is 2. The van der Waals surface area contributed by atoms with Crippen LogP contribution in [0.3, 0.4) is 0 Å². The average Bonchev–Trinajstić information content (AvgIpc) is 3.48. The Kier molecular flexibility index (Phi) is 6.34. The summed E-state index contributed by atoms with van der Waals surface area (Å²) in [6.45, 7) is 1.97. The minimum Gasteiger partial charge on any atom is -0.496 e. The van der Waals surface area contributed by atoms with Gasteiger partial charge in [0.25, 0.3) is 0 Å². The summed E-state index contributed by atoms with van der Waals surface area (Å²) in [4.78, 5) is 28.4. The van der Waals surface area contributed by atoms with Crippen LogP contribution in [0.2, 0.25) is 5.02 Å². The molecule has 2 aromatic carbocycles. The molecule has 0 saturated heterocycles. The zero-order valence-electron chi connectivity index (χ0n) is 20.3. The number of carbonyl (C=O) groups excluding carboxylic acids is 2. The zero-order valence-corrected chi connectivity index (χ0v) is 21.1. The zero-order chi connectivity index (χ0) is 26.3. The Morgan fingerprint density at radius 1 is 1.22 bits per heavy atom. The Bertz CT molecular complexity index is 1420. The summed E-state index contributed by atoms with van der Waals surface area (Å²) in [5, 5.41) is 24.5. The molecular weight excluding hydrogens is 502 g/mol. The largest absolute Gasteiger partial charge is 0.496 e. The molecule has 0 fully saturated rings. The van der Waals surface area contributed by atoms with E-state index in [1.165, 1.54) is 31.2 Å². The van der Waals surface area contributed by atoms with Crippen LogP contribution < -0.4 is 19.5 Å². The lowest BCUT2D eigenvalue weighted by atomic mass is 9.74. The van der Waals surface area contributed by atoms with E-state index in [1.54, 1.807) is 6.92 Å². The van der Waals surface area contributed by atoms with E-state index in [2.05, 4.69) is 20.7 Å². The number of allylic oxidation sites excluding steroid dienone is 1. The molecule has 5 rings (SSSR count). The Morgan fingerprint density at radius 3 is 2.59 bits per heavy atom. The van der Waals surface area contributed by atoms with Crippen molar-refractivity contribution < 1.29 is 28.9 Å². The third-order valence-corrected chi connectivity index (χ3v) is 6.87. The normalized spacial score (nSPS) is 20.5. The van der Waals surface area contributed by atoms with Gasteiger partial charge in [0, 0.05) is 35.0 Å². The highest BCUT2D eigenvalue weighted by Crippen LogP contribution is 2.53. The van der Waals surface area contributed by atoms with Crippen LogP contribution >= 0.6 is 11.6 Å². The first-order chi connectivity index (χ1) is 17.8. The Hall–Kier alpha value is -3.96. The fourth-order valence-electron chi connectivity index (χ4n) is 4.65. The van der Waals surface area contributed by atoms with Crippen LogP contribution in [-0.4, -0.2) is 63.3 Å². The van der Waals surface area contributed by atoms with Crippen molar-refractivity contribution in [3.05, 3.63) is 52.7 Å². The van der Waals surface area contributed by atoms with E-state index in [4.69, 9.17) is 30.9 Å². The van der Waals surface area contributed by atoms with Gasteiger partial charge in [-0.25, -0.2) is 0 Å². The molecule has 2 heterocycles. The van der Waals surface area contributed by atoms with Gasteiger partial charge in [-0.05, 0) is 35.9 Å². The minimum absolute atomic E-state index is 0.0797. The topological polar surface area (TPSA) is 138 Å². The van der Waals surface area contributed by atoms with Gasteiger partial charge in [0.2, 0.25) is 23.0 Å². The molecule has 2 N–H and O–H groups in total. The molecule has 1 aliphatic carbocycles. The van der Waals surface area contributed by atoms with E-state index in [9.17, 15) is 9.59 Å². The molecule has 0 radical (unpaired) electrons. The molecular formula is C25H24ClN5O6. The van der Waals surface area contributed by atoms with E-state index < -0.39 is 23.1 Å². The van der Waals surface area contributed by atoms with Crippen LogP contribution in [0.25, 0.3) is 11.4 Å². The van der Waals surface area contributed by atoms with Gasteiger partial charge in [-0.1, -0.05) is 18.5 Å². The number of hydrogen-bond acceptors (Lipinski definition) is 10. The number of carbonyl (C=O) groups is 2. The molecule has 37 heavy (non-hydrogen) atoms. The maximum atomic E-state index is 13.6. The van der Waals surface area contributed by atoms with E-state index in [1.807, 2.05) is 24.3 Å². The van der Waals surface area contributed by atoms with Crippen LogP contribution in [0.4, 0.5) is 5.69 Å². The van der Waals surface area contributed by atoms with E-state index in [0.29, 0.717) is 17.9 Å². The van der Waals surface area contributed by atoms with Crippen LogP contribution in [0.15, 0.2) is 42.1 Å². The molecule has 0 amide bonds. The summed E-state index contributed by atoms with van der Waals surface area (Å²) in [6.07, 6.45) is 1.78. The maximum absolute atomic E-state index is 13.6. The lowest BCUT2D eigenvalue weighted by Gasteiger charge is -2.35. The monoisotopic (exact) mass is 525 g/mol. The van der Waals surface area contributed by atoms with Gasteiger partial charge in [0.15, 0.2) is 5.75 Å². The molecule has 0 saturated carbocycles. The number of halogens is 1. The number of fused-ring (bicyclic) bond motifs is 1. The molecule has 12 heteroatoms. The van der Waals surface area contributed by atoms with Crippen molar-refractivity contribution >= 4 is 28.9 Å². The van der Waals surface area contributed by atoms with Crippen LogP contribution in [-0.2, 0) is 11.3 Å². The van der Waals surface area contributed by atoms with Crippen molar-refractivity contribution in [1.29, 1.82) is 0 Å². The van der Waals surface area contributed by atoms with Gasteiger partial charge < -0.3 is 24.6 Å². The van der Waals surface area contributed by atoms with E-state index in [0.717, 1.165) is 11.3 Å². The third kappa shape index (κ3) is 4.00. The van der Waals surface area contributed by atoms with Crippen LogP contribution in [0.5, 0.6) is 17.2 Å². The van der Waals surface area contributed by atoms with Crippen molar-refractivity contribution in [1.82, 2.24) is 20.2 Å². The first-order valence-corrected chi connectivity index (χ1v) is 11.9. The summed E-state index contributed by atoms with van der Waals surface area (Å²) < 4.78 is 16.7. The number of tetrazole rings is 1. The molecule has 3 aromatic rings. The summed E-state index contributed by atoms with van der Waals surface area (Å²) >= 11 is 6.43. The van der Waals surface area contributed by atoms with Gasteiger partial charge in [0.05, 0.1) is 27.4 Å². The number of methoxy groups -OCH3 is 2. The first-order valence-electron chi connectivity index (χ1n) is 11.5. The highest BCUT2D eigenvalue weighted by Gasteiger charge is 2.60. The van der Waals surface area contributed by atoms with Crippen molar-refractivity contribution in [2.24, 2.45) is 5.92 Å². The number of ketones is 2. The number of aromatic nitrogens is 4. The molecule has 11 nitrogen and oxygen atoms in total. The second-order valence-corrected chi connectivity index (χ2v) is 9.12. The lowest BCUT2D eigenvalue weighted by molar-refractivity contribution is -0.129. The Balaban J connectivity index is 1.38. The molecule has 0 unspecified atom stereocenters. The van der Waals surface area contributed by atoms with Gasteiger partial charge in [-0.2, -0.15) is 4.80 Å². The molecule has 192 valence electrons. The second kappa shape index (κ2) is 9.49. The van der Waals surface area contributed by atoms with Gasteiger partial charge in [0.1, 0.15) is 22.1 Å². The third-order valence-electron chi connectivity index (χ3n) is 6.51. The Labute approximate surface area is 217 Å². The summed E-state index contributed by atoms with van der Waals surface area (Å²) in [5.74, 6) is -0.416. The SMILES string of the molecule is COc1cc(OC)c2c(c1Cl)O[C@@]1(C(=O)C=C(Nc3ccc(-c4nnn(CCO)n4)cc3)C[C@H]1C)C2=O. The van der Waals surface area contributed by atoms with Gasteiger partial charge in [-0.3, -0.25) is 9.59 Å². The van der Waals surface area contributed by atoms with E-state index >= 15 is 0 Å². The fraction of sp³-hybridized carbons (Fsp3) is 0.320. The number of Topliss-reactive ketones (excluding diaryl/α,β-unsaturated/α-hetero) is 1. The van der Waals surface area contributed by atoms with Crippen molar-refractivity contribution in [2.45, 2.75) is 25.5 Å². The minimum atomic E-state index is -1.73. The molecule has 2 atom stereocenters. The van der Waals surface area contributed by atoms with Crippen molar-refractivity contribution in [2.75, 3.05) is 26.1 Å². The molecule has 1 aliphatic heterocycles. The number of ether oxygens (including phenoxy) is 3. The number of benzene rings is 2. The Morgan fingerprint density at radius 2 is 1.95 bits per heavy atom. The smallest absolute Gasteiger partial charge is 0.236 e. The van der Waals surface area contributed by atoms with Gasteiger partial charge >= 0.3 is 0 Å². The number of nitrogens with one attached hydrogen (secondary N) is 1.